The number of benzene rings is 2. The Kier molecular flexibility index (Phi) is 5.99. The van der Waals surface area contributed by atoms with Gasteiger partial charge in [0.1, 0.15) is 18.5 Å². The first-order valence-corrected chi connectivity index (χ1v) is 11.5. The van der Waals surface area contributed by atoms with Crippen molar-refractivity contribution in [3.8, 4) is 5.75 Å². The molecule has 3 unspecified atom stereocenters. The molecule has 33 heavy (non-hydrogen) atoms. The number of carbonyl (C=O) groups is 1. The number of pyridine rings is 1. The van der Waals surface area contributed by atoms with E-state index in [1.807, 2.05) is 49.4 Å². The molecule has 3 aromatic rings. The molecule has 1 fully saturated rings. The third-order valence-corrected chi connectivity index (χ3v) is 6.76. The van der Waals surface area contributed by atoms with E-state index < -0.39 is 0 Å². The Labute approximate surface area is 193 Å². The zero-order chi connectivity index (χ0) is 22.8. The van der Waals surface area contributed by atoms with Crippen LogP contribution in [0.1, 0.15) is 42.5 Å². The van der Waals surface area contributed by atoms with Crippen molar-refractivity contribution in [2.24, 2.45) is 17.0 Å². The monoisotopic (exact) mass is 444 g/mol. The first kappa shape index (κ1) is 21.4. The molecule has 170 valence electrons. The number of hydrogen-bond acceptors (Lipinski definition) is 6. The quantitative estimate of drug-likeness (QED) is 0.489. The van der Waals surface area contributed by atoms with Crippen molar-refractivity contribution >= 4 is 22.6 Å². The van der Waals surface area contributed by atoms with E-state index in [0.717, 1.165) is 58.4 Å². The third kappa shape index (κ3) is 4.42. The van der Waals surface area contributed by atoms with Gasteiger partial charge in [0, 0.05) is 29.0 Å². The largest absolute Gasteiger partial charge is 0.489 e. The fourth-order valence-corrected chi connectivity index (χ4v) is 5.09. The molecule has 0 amide bonds. The molecular formula is C27H28N2O4. The normalized spacial score (nSPS) is 22.1. The van der Waals surface area contributed by atoms with E-state index in [0.29, 0.717) is 13.0 Å². The lowest BCUT2D eigenvalue weighted by molar-refractivity contribution is -0.148. The van der Waals surface area contributed by atoms with Crippen LogP contribution in [0.15, 0.2) is 59.8 Å². The number of para-hydroxylation sites is 1. The summed E-state index contributed by atoms with van der Waals surface area (Å²) in [6.45, 7) is 2.48. The Morgan fingerprint density at radius 2 is 1.94 bits per heavy atom. The molecule has 2 aliphatic rings. The molecule has 6 heteroatoms. The number of hydrogen-bond donors (Lipinski definition) is 0. The van der Waals surface area contributed by atoms with Gasteiger partial charge in [0.25, 0.3) is 0 Å². The van der Waals surface area contributed by atoms with E-state index in [9.17, 15) is 4.79 Å². The molecule has 0 spiro atoms. The lowest BCUT2D eigenvalue weighted by atomic mass is 9.87. The number of aryl methyl sites for hydroxylation is 1. The van der Waals surface area contributed by atoms with E-state index in [4.69, 9.17) is 14.3 Å². The second kappa shape index (κ2) is 9.22. The van der Waals surface area contributed by atoms with Gasteiger partial charge in [-0.1, -0.05) is 29.8 Å². The number of rotatable bonds is 6. The van der Waals surface area contributed by atoms with Crippen LogP contribution >= 0.6 is 0 Å². The molecule has 0 radical (unpaired) electrons. The van der Waals surface area contributed by atoms with Gasteiger partial charge in [-0.05, 0) is 61.7 Å². The van der Waals surface area contributed by atoms with E-state index >= 15 is 0 Å². The van der Waals surface area contributed by atoms with Gasteiger partial charge in [0.2, 0.25) is 0 Å². The molecule has 2 heterocycles. The van der Waals surface area contributed by atoms with E-state index in [-0.39, 0.29) is 23.9 Å². The van der Waals surface area contributed by atoms with Crippen molar-refractivity contribution in [3.63, 3.8) is 0 Å². The second-order valence-electron chi connectivity index (χ2n) is 8.86. The highest BCUT2D eigenvalue weighted by atomic mass is 16.6. The van der Waals surface area contributed by atoms with Crippen LogP contribution in [-0.4, -0.2) is 29.9 Å². The van der Waals surface area contributed by atoms with Crippen molar-refractivity contribution in [1.29, 1.82) is 0 Å². The summed E-state index contributed by atoms with van der Waals surface area (Å²) in [5, 5.41) is 5.45. The number of carbonyl (C=O) groups excluding carboxylic acids is 1. The van der Waals surface area contributed by atoms with Gasteiger partial charge in [0.15, 0.2) is 0 Å². The van der Waals surface area contributed by atoms with Crippen LogP contribution in [0, 0.1) is 18.8 Å². The predicted octanol–water partition coefficient (Wildman–Crippen LogP) is 5.20. The molecule has 0 N–H and O–H groups in total. The maximum absolute atomic E-state index is 12.1. The molecule has 6 nitrogen and oxygen atoms in total. The first-order valence-electron chi connectivity index (χ1n) is 11.5. The van der Waals surface area contributed by atoms with Crippen molar-refractivity contribution in [2.45, 2.75) is 45.3 Å². The van der Waals surface area contributed by atoms with E-state index in [1.54, 1.807) is 0 Å². The van der Waals surface area contributed by atoms with Gasteiger partial charge < -0.3 is 14.3 Å². The molecule has 1 aliphatic carbocycles. The number of methoxy groups -OCH3 is 1. The molecular weight excluding hydrogens is 416 g/mol. The number of aromatic nitrogens is 1. The van der Waals surface area contributed by atoms with E-state index in [2.05, 4.69) is 22.3 Å². The summed E-state index contributed by atoms with van der Waals surface area (Å²) < 4.78 is 11.1. The summed E-state index contributed by atoms with van der Waals surface area (Å²) in [4.78, 5) is 22.4. The van der Waals surface area contributed by atoms with Gasteiger partial charge in [-0.25, -0.2) is 0 Å². The minimum Gasteiger partial charge on any atom is -0.489 e. The summed E-state index contributed by atoms with van der Waals surface area (Å²) in [6, 6.07) is 18.2. The minimum atomic E-state index is -0.131. The van der Waals surface area contributed by atoms with Crippen LogP contribution < -0.4 is 4.74 Å². The van der Waals surface area contributed by atoms with Gasteiger partial charge in [0.05, 0.1) is 24.3 Å². The summed E-state index contributed by atoms with van der Waals surface area (Å²) >= 11 is 0. The Morgan fingerprint density at radius 1 is 1.12 bits per heavy atom. The number of ether oxygens (including phenoxy) is 2. The Balaban J connectivity index is 1.22. The van der Waals surface area contributed by atoms with Crippen LogP contribution in [0.3, 0.4) is 0 Å². The Morgan fingerprint density at radius 3 is 2.76 bits per heavy atom. The van der Waals surface area contributed by atoms with Crippen molar-refractivity contribution in [1.82, 2.24) is 4.98 Å². The van der Waals surface area contributed by atoms with Crippen molar-refractivity contribution < 1.29 is 19.1 Å². The summed E-state index contributed by atoms with van der Waals surface area (Å²) in [5.41, 5.74) is 5.01. The predicted molar refractivity (Wildman–Crippen MR) is 126 cm³/mol. The molecule has 1 saturated carbocycles. The van der Waals surface area contributed by atoms with Crippen LogP contribution in [0.25, 0.3) is 10.9 Å². The van der Waals surface area contributed by atoms with Crippen LogP contribution in [0.2, 0.25) is 0 Å². The highest BCUT2D eigenvalue weighted by Crippen LogP contribution is 2.39. The first-order chi connectivity index (χ1) is 16.1. The van der Waals surface area contributed by atoms with Crippen LogP contribution in [0.4, 0.5) is 0 Å². The topological polar surface area (TPSA) is 70.0 Å². The lowest BCUT2D eigenvalue weighted by Crippen LogP contribution is -2.30. The molecule has 2 aromatic carbocycles. The van der Waals surface area contributed by atoms with Crippen molar-refractivity contribution in [3.05, 3.63) is 71.4 Å². The Bertz CT molecular complexity index is 1190. The average Bonchev–Trinajstić information content (AvgIpc) is 3.52. The molecule has 5 rings (SSSR count). The summed E-state index contributed by atoms with van der Waals surface area (Å²) in [6.07, 6.45) is 3.51. The maximum Gasteiger partial charge on any atom is 0.309 e. The lowest BCUT2D eigenvalue weighted by Gasteiger charge is -2.21. The second-order valence-corrected chi connectivity index (χ2v) is 8.86. The van der Waals surface area contributed by atoms with Crippen molar-refractivity contribution in [2.75, 3.05) is 7.11 Å². The zero-order valence-electron chi connectivity index (χ0n) is 19.0. The highest BCUT2D eigenvalue weighted by molar-refractivity contribution is 6.01. The number of oxime groups is 1. The number of esters is 1. The maximum atomic E-state index is 12.1. The molecule has 1 aliphatic heterocycles. The molecule has 0 bridgehead atoms. The standard InChI is InChI=1S/C27H28N2O4/c1-17-14-19(21-6-3-4-9-24(21)28-17)16-32-20-12-10-18(11-13-20)25-15-26(33-29-25)22-7-5-8-23(22)27(30)31-2/h3-4,6,9-14,22-23,26H,5,7-8,15-16H2,1-2H3. The smallest absolute Gasteiger partial charge is 0.309 e. The summed E-state index contributed by atoms with van der Waals surface area (Å²) in [5.74, 6) is 0.751. The highest BCUT2D eigenvalue weighted by Gasteiger charge is 2.42. The number of fused-ring (bicyclic) bond motifs is 1. The SMILES string of the molecule is COC(=O)C1CCCC1C1CC(c2ccc(OCc3cc(C)nc4ccccc34)cc2)=NO1. The van der Waals surface area contributed by atoms with Crippen LogP contribution in [-0.2, 0) is 21.0 Å². The van der Waals surface area contributed by atoms with E-state index in [1.165, 1.54) is 7.11 Å². The molecule has 0 saturated heterocycles. The van der Waals surface area contributed by atoms with Gasteiger partial charge in [-0.15, -0.1) is 0 Å². The average molecular weight is 445 g/mol. The third-order valence-electron chi connectivity index (χ3n) is 6.76. The zero-order valence-corrected chi connectivity index (χ0v) is 19.0. The number of nitrogens with zero attached hydrogens (tertiary/aromatic N) is 2. The van der Waals surface area contributed by atoms with Gasteiger partial charge in [-0.3, -0.25) is 9.78 Å². The molecule has 3 atom stereocenters. The van der Waals surface area contributed by atoms with Gasteiger partial charge in [-0.2, -0.15) is 0 Å². The minimum absolute atomic E-state index is 0.0641. The fourth-order valence-electron chi connectivity index (χ4n) is 5.09. The fraction of sp³-hybridized carbons (Fsp3) is 0.370. The summed E-state index contributed by atoms with van der Waals surface area (Å²) in [7, 11) is 1.46. The Hall–Kier alpha value is -3.41. The van der Waals surface area contributed by atoms with Gasteiger partial charge >= 0.3 is 5.97 Å². The van der Waals surface area contributed by atoms with Crippen LogP contribution in [0.5, 0.6) is 5.75 Å². The molecule has 1 aromatic heterocycles.